The number of hydrogen-bond donors (Lipinski definition) is 0. The van der Waals surface area contributed by atoms with E-state index in [0.717, 1.165) is 37.1 Å². The molecule has 1 saturated heterocycles. The highest BCUT2D eigenvalue weighted by molar-refractivity contribution is 5.53. The van der Waals surface area contributed by atoms with E-state index >= 15 is 0 Å². The number of methoxy groups -OCH3 is 3. The second-order valence-electron chi connectivity index (χ2n) is 6.21. The fourth-order valence-electron chi connectivity index (χ4n) is 3.54. The van der Waals surface area contributed by atoms with Gasteiger partial charge in [-0.05, 0) is 54.8 Å². The highest BCUT2D eigenvalue weighted by Gasteiger charge is 2.26. The molecule has 0 radical (unpaired) electrons. The largest absolute Gasteiger partial charge is 0.493 e. The Hall–Kier alpha value is -2.27. The van der Waals surface area contributed by atoms with Crippen LogP contribution in [0.2, 0.25) is 0 Å². The van der Waals surface area contributed by atoms with Crippen molar-refractivity contribution in [3.8, 4) is 17.2 Å². The van der Waals surface area contributed by atoms with Crippen LogP contribution < -0.4 is 14.2 Å². The molecule has 1 atom stereocenters. The Bertz CT molecular complexity index is 692. The summed E-state index contributed by atoms with van der Waals surface area (Å²) in [7, 11) is 4.85. The van der Waals surface area contributed by atoms with Crippen molar-refractivity contribution < 1.29 is 18.6 Å². The van der Waals surface area contributed by atoms with Crippen LogP contribution in [-0.2, 0) is 6.54 Å². The number of nitrogens with zero attached hydrogens (tertiary/aromatic N) is 1. The summed E-state index contributed by atoms with van der Waals surface area (Å²) in [6.07, 6.45) is 2.21. The summed E-state index contributed by atoms with van der Waals surface area (Å²) in [6.45, 7) is 1.79. The maximum atomic E-state index is 13.2. The van der Waals surface area contributed by atoms with E-state index < -0.39 is 0 Å². The van der Waals surface area contributed by atoms with Crippen molar-refractivity contribution in [3.05, 3.63) is 53.3 Å². The topological polar surface area (TPSA) is 30.9 Å². The van der Waals surface area contributed by atoms with E-state index in [-0.39, 0.29) is 5.82 Å². The van der Waals surface area contributed by atoms with Gasteiger partial charge in [0.15, 0.2) is 11.5 Å². The zero-order valence-corrected chi connectivity index (χ0v) is 14.9. The number of ether oxygens (including phenoxy) is 3. The van der Waals surface area contributed by atoms with Crippen LogP contribution in [0.5, 0.6) is 17.2 Å². The molecule has 1 fully saturated rings. The molecule has 5 heteroatoms. The molecule has 1 aliphatic heterocycles. The van der Waals surface area contributed by atoms with Crippen molar-refractivity contribution >= 4 is 0 Å². The minimum Gasteiger partial charge on any atom is -0.493 e. The predicted molar refractivity (Wildman–Crippen MR) is 94.9 cm³/mol. The zero-order chi connectivity index (χ0) is 17.8. The van der Waals surface area contributed by atoms with Crippen molar-refractivity contribution in [2.75, 3.05) is 27.9 Å². The van der Waals surface area contributed by atoms with Crippen molar-refractivity contribution in [2.45, 2.75) is 25.4 Å². The maximum Gasteiger partial charge on any atom is 0.203 e. The van der Waals surface area contributed by atoms with Gasteiger partial charge in [-0.15, -0.1) is 0 Å². The number of rotatable bonds is 6. The first kappa shape index (κ1) is 17.5. The number of halogens is 1. The maximum absolute atomic E-state index is 13.2. The first-order valence-corrected chi connectivity index (χ1v) is 8.44. The molecule has 1 aliphatic rings. The van der Waals surface area contributed by atoms with Crippen LogP contribution >= 0.6 is 0 Å². The number of likely N-dealkylation sites (tertiary alicyclic amines) is 1. The molecule has 0 bridgehead atoms. The average molecular weight is 345 g/mol. The van der Waals surface area contributed by atoms with Crippen LogP contribution in [0.3, 0.4) is 0 Å². The van der Waals surface area contributed by atoms with Gasteiger partial charge in [-0.3, -0.25) is 4.90 Å². The van der Waals surface area contributed by atoms with Crippen molar-refractivity contribution in [1.82, 2.24) is 4.90 Å². The van der Waals surface area contributed by atoms with E-state index in [4.69, 9.17) is 14.2 Å². The third-order valence-corrected chi connectivity index (χ3v) is 4.73. The molecule has 2 aromatic rings. The lowest BCUT2D eigenvalue weighted by Crippen LogP contribution is -2.22. The zero-order valence-electron chi connectivity index (χ0n) is 14.9. The molecule has 2 aromatic carbocycles. The Morgan fingerprint density at radius 3 is 2.20 bits per heavy atom. The van der Waals surface area contributed by atoms with Crippen LogP contribution in [0.4, 0.5) is 4.39 Å². The molecule has 4 nitrogen and oxygen atoms in total. The molecule has 0 spiro atoms. The minimum absolute atomic E-state index is 0.196. The number of benzene rings is 2. The fourth-order valence-corrected chi connectivity index (χ4v) is 3.54. The lowest BCUT2D eigenvalue weighted by Gasteiger charge is -2.25. The third kappa shape index (κ3) is 3.71. The van der Waals surface area contributed by atoms with Gasteiger partial charge in [0.1, 0.15) is 5.82 Å². The highest BCUT2D eigenvalue weighted by atomic mass is 19.1. The molecule has 0 saturated carbocycles. The molecule has 0 N–H and O–H groups in total. The lowest BCUT2D eigenvalue weighted by molar-refractivity contribution is 0.247. The average Bonchev–Trinajstić information content (AvgIpc) is 3.09. The molecule has 3 rings (SSSR count). The van der Waals surface area contributed by atoms with Gasteiger partial charge in [0, 0.05) is 12.6 Å². The molecule has 134 valence electrons. The van der Waals surface area contributed by atoms with Gasteiger partial charge >= 0.3 is 0 Å². The summed E-state index contributed by atoms with van der Waals surface area (Å²) in [5.41, 5.74) is 2.26. The Kier molecular flexibility index (Phi) is 5.43. The normalized spacial score (nSPS) is 17.5. The molecular weight excluding hydrogens is 321 g/mol. The van der Waals surface area contributed by atoms with Crippen LogP contribution in [0.25, 0.3) is 0 Å². The first-order valence-electron chi connectivity index (χ1n) is 8.44. The predicted octanol–water partition coefficient (Wildman–Crippen LogP) is 4.19. The van der Waals surface area contributed by atoms with Crippen LogP contribution in [0.1, 0.15) is 30.0 Å². The summed E-state index contributed by atoms with van der Waals surface area (Å²) < 4.78 is 29.5. The van der Waals surface area contributed by atoms with E-state index in [0.29, 0.717) is 23.3 Å². The monoisotopic (exact) mass is 345 g/mol. The van der Waals surface area contributed by atoms with Crippen LogP contribution in [-0.4, -0.2) is 32.8 Å². The van der Waals surface area contributed by atoms with E-state index in [2.05, 4.69) is 4.90 Å². The molecule has 1 heterocycles. The lowest BCUT2D eigenvalue weighted by atomic mass is 10.0. The summed E-state index contributed by atoms with van der Waals surface area (Å²) in [5, 5.41) is 0. The van der Waals surface area contributed by atoms with Gasteiger partial charge in [-0.2, -0.15) is 0 Å². The smallest absolute Gasteiger partial charge is 0.203 e. The van der Waals surface area contributed by atoms with Crippen molar-refractivity contribution in [3.63, 3.8) is 0 Å². The van der Waals surface area contributed by atoms with Gasteiger partial charge in [0.25, 0.3) is 0 Å². The SMILES string of the molecule is COc1cc(CN2CCC[C@H]2c2ccc(F)cc2)cc(OC)c1OC. The molecule has 0 unspecified atom stereocenters. The van der Waals surface area contributed by atoms with Crippen LogP contribution in [0.15, 0.2) is 36.4 Å². The van der Waals surface area contributed by atoms with E-state index in [1.54, 1.807) is 21.3 Å². The standard InChI is InChI=1S/C20H24FNO3/c1-23-18-11-14(12-19(24-2)20(18)25-3)13-22-10-4-5-17(22)15-6-8-16(21)9-7-15/h6-9,11-12,17H,4-5,10,13H2,1-3H3/t17-/m0/s1. The Balaban J connectivity index is 1.84. The molecular formula is C20H24FNO3. The Labute approximate surface area is 148 Å². The first-order chi connectivity index (χ1) is 12.2. The second kappa shape index (κ2) is 7.74. The van der Waals surface area contributed by atoms with Gasteiger partial charge in [0.05, 0.1) is 21.3 Å². The third-order valence-electron chi connectivity index (χ3n) is 4.73. The molecule has 0 aliphatic carbocycles. The Morgan fingerprint density at radius 2 is 1.64 bits per heavy atom. The fraction of sp³-hybridized carbons (Fsp3) is 0.400. The minimum atomic E-state index is -0.196. The highest BCUT2D eigenvalue weighted by Crippen LogP contribution is 2.40. The summed E-state index contributed by atoms with van der Waals surface area (Å²) in [5.74, 6) is 1.73. The summed E-state index contributed by atoms with van der Waals surface area (Å²) in [6, 6.07) is 11.1. The molecule has 0 aromatic heterocycles. The van der Waals surface area contributed by atoms with E-state index in [1.165, 1.54) is 12.1 Å². The van der Waals surface area contributed by atoms with Crippen LogP contribution in [0, 0.1) is 5.82 Å². The molecule has 0 amide bonds. The van der Waals surface area contributed by atoms with Gasteiger partial charge in [-0.25, -0.2) is 4.39 Å². The van der Waals surface area contributed by atoms with Crippen molar-refractivity contribution in [1.29, 1.82) is 0 Å². The van der Waals surface area contributed by atoms with Crippen molar-refractivity contribution in [2.24, 2.45) is 0 Å². The van der Waals surface area contributed by atoms with Gasteiger partial charge < -0.3 is 14.2 Å². The van der Waals surface area contributed by atoms with Gasteiger partial charge in [0.2, 0.25) is 5.75 Å². The quantitative estimate of drug-likeness (QED) is 0.785. The summed E-state index contributed by atoms with van der Waals surface area (Å²) in [4.78, 5) is 2.41. The van der Waals surface area contributed by atoms with E-state index in [9.17, 15) is 4.39 Å². The Morgan fingerprint density at radius 1 is 1.00 bits per heavy atom. The summed E-state index contributed by atoms with van der Waals surface area (Å²) >= 11 is 0. The molecule has 25 heavy (non-hydrogen) atoms. The second-order valence-corrected chi connectivity index (χ2v) is 6.21. The number of hydrogen-bond acceptors (Lipinski definition) is 4. The van der Waals surface area contributed by atoms with Gasteiger partial charge in [-0.1, -0.05) is 12.1 Å². The van der Waals surface area contributed by atoms with E-state index in [1.807, 2.05) is 24.3 Å².